The van der Waals surface area contributed by atoms with Crippen LogP contribution in [0.3, 0.4) is 0 Å². The van der Waals surface area contributed by atoms with Gasteiger partial charge in [0.2, 0.25) is 0 Å². The number of hydrogen-bond donors (Lipinski definition) is 1. The van der Waals surface area contributed by atoms with Gasteiger partial charge in [0.1, 0.15) is 5.75 Å². The maximum atomic E-state index is 10.4. The summed E-state index contributed by atoms with van der Waals surface area (Å²) in [5, 5.41) is 8.53. The summed E-state index contributed by atoms with van der Waals surface area (Å²) < 4.78 is 5.33. The fraction of sp³-hybridized carbons (Fsp3) is 0.400. The van der Waals surface area contributed by atoms with Crippen LogP contribution in [0.1, 0.15) is 28.7 Å². The van der Waals surface area contributed by atoms with Crippen molar-refractivity contribution in [3.05, 3.63) is 40.5 Å². The lowest BCUT2D eigenvalue weighted by Gasteiger charge is -2.15. The van der Waals surface area contributed by atoms with Gasteiger partial charge in [-0.05, 0) is 61.9 Å². The molecule has 0 aliphatic heterocycles. The van der Waals surface area contributed by atoms with Gasteiger partial charge >= 0.3 is 5.97 Å². The monoisotopic (exact) mass is 248 g/mol. The highest BCUT2D eigenvalue weighted by Crippen LogP contribution is 2.28. The zero-order valence-corrected chi connectivity index (χ0v) is 11.4. The van der Waals surface area contributed by atoms with Gasteiger partial charge < -0.3 is 9.84 Å². The highest BCUT2D eigenvalue weighted by Gasteiger charge is 2.09. The highest BCUT2D eigenvalue weighted by atomic mass is 16.5. The van der Waals surface area contributed by atoms with Crippen LogP contribution >= 0.6 is 0 Å². The second kappa shape index (κ2) is 6.24. The van der Waals surface area contributed by atoms with Crippen molar-refractivity contribution in [3.63, 3.8) is 0 Å². The third-order valence-corrected chi connectivity index (χ3v) is 3.25. The topological polar surface area (TPSA) is 46.5 Å². The number of aliphatic carboxylic acids is 1. The minimum atomic E-state index is -0.894. The molecule has 98 valence electrons. The van der Waals surface area contributed by atoms with Crippen LogP contribution < -0.4 is 4.74 Å². The van der Waals surface area contributed by atoms with E-state index in [0.29, 0.717) is 0 Å². The molecule has 0 aliphatic carbocycles. The molecule has 18 heavy (non-hydrogen) atoms. The van der Waals surface area contributed by atoms with Gasteiger partial charge in [0.15, 0.2) is 0 Å². The van der Waals surface area contributed by atoms with Crippen LogP contribution in [0, 0.1) is 20.8 Å². The molecule has 1 rings (SSSR count). The molecule has 0 saturated carbocycles. The maximum Gasteiger partial charge on any atom is 0.327 e. The molecule has 0 aliphatic rings. The van der Waals surface area contributed by atoms with Gasteiger partial charge in [-0.15, -0.1) is 0 Å². The van der Waals surface area contributed by atoms with Crippen LogP contribution in [-0.4, -0.2) is 18.2 Å². The molecule has 3 heteroatoms. The molecule has 0 heterocycles. The highest BCUT2D eigenvalue weighted by molar-refractivity contribution is 5.79. The van der Waals surface area contributed by atoms with Crippen molar-refractivity contribution in [2.24, 2.45) is 0 Å². The molecule has 0 atom stereocenters. The Morgan fingerprint density at radius 3 is 2.56 bits per heavy atom. The molecular weight excluding hydrogens is 228 g/mol. The van der Waals surface area contributed by atoms with E-state index in [2.05, 4.69) is 13.8 Å². The number of carbonyl (C=O) groups is 1. The van der Waals surface area contributed by atoms with Gasteiger partial charge in [0, 0.05) is 6.08 Å². The van der Waals surface area contributed by atoms with Crippen molar-refractivity contribution in [1.82, 2.24) is 0 Å². The lowest BCUT2D eigenvalue weighted by Crippen LogP contribution is -1.99. The molecule has 1 aromatic rings. The van der Waals surface area contributed by atoms with Gasteiger partial charge in [-0.2, -0.15) is 0 Å². The van der Waals surface area contributed by atoms with Gasteiger partial charge in [0.25, 0.3) is 0 Å². The van der Waals surface area contributed by atoms with Crippen LogP contribution in [0.2, 0.25) is 0 Å². The summed E-state index contributed by atoms with van der Waals surface area (Å²) in [6.07, 6.45) is 4.48. The summed E-state index contributed by atoms with van der Waals surface area (Å²) in [5.41, 5.74) is 4.86. The van der Waals surface area contributed by atoms with Gasteiger partial charge in [-0.3, -0.25) is 0 Å². The number of aryl methyl sites for hydroxylation is 1. The fourth-order valence-electron chi connectivity index (χ4n) is 2.11. The van der Waals surface area contributed by atoms with Crippen LogP contribution in [-0.2, 0) is 11.2 Å². The number of benzene rings is 1. The van der Waals surface area contributed by atoms with E-state index in [1.165, 1.54) is 22.8 Å². The second-order valence-corrected chi connectivity index (χ2v) is 4.40. The van der Waals surface area contributed by atoms with Crippen LogP contribution in [0.15, 0.2) is 18.2 Å². The van der Waals surface area contributed by atoms with E-state index < -0.39 is 5.97 Å². The Kier molecular flexibility index (Phi) is 4.95. The van der Waals surface area contributed by atoms with Crippen molar-refractivity contribution in [2.75, 3.05) is 7.11 Å². The number of carboxylic acid groups (broad SMARTS) is 1. The Morgan fingerprint density at radius 1 is 1.33 bits per heavy atom. The first-order chi connectivity index (χ1) is 8.47. The normalized spacial score (nSPS) is 10.9. The average Bonchev–Trinajstić information content (AvgIpc) is 2.32. The van der Waals surface area contributed by atoms with E-state index >= 15 is 0 Å². The molecule has 0 spiro atoms. The number of allylic oxidation sites excluding steroid dienone is 1. The number of hydrogen-bond acceptors (Lipinski definition) is 2. The predicted molar refractivity (Wildman–Crippen MR) is 72.3 cm³/mol. The van der Waals surface area contributed by atoms with E-state index in [1.807, 2.05) is 13.0 Å². The molecule has 0 radical (unpaired) electrons. The summed E-state index contributed by atoms with van der Waals surface area (Å²) in [4.78, 5) is 10.4. The van der Waals surface area contributed by atoms with E-state index in [0.717, 1.165) is 24.2 Å². The Hall–Kier alpha value is -1.77. The molecule has 0 aromatic heterocycles. The quantitative estimate of drug-likeness (QED) is 0.814. The summed E-state index contributed by atoms with van der Waals surface area (Å²) in [5.74, 6) is 0.0178. The van der Waals surface area contributed by atoms with Crippen LogP contribution in [0.25, 0.3) is 0 Å². The Bertz CT molecular complexity index is 473. The SMILES string of the molecule is COc1cc(C)c(CC/C=C/C(=O)O)c(C)c1C. The van der Waals surface area contributed by atoms with Crippen LogP contribution in [0.4, 0.5) is 0 Å². The summed E-state index contributed by atoms with van der Waals surface area (Å²) in [6.45, 7) is 6.19. The summed E-state index contributed by atoms with van der Waals surface area (Å²) in [7, 11) is 1.68. The number of rotatable bonds is 5. The molecule has 3 nitrogen and oxygen atoms in total. The predicted octanol–water partition coefficient (Wildman–Crippen LogP) is 3.19. The number of methoxy groups -OCH3 is 1. The molecule has 0 amide bonds. The van der Waals surface area contributed by atoms with E-state index in [4.69, 9.17) is 9.84 Å². The first kappa shape index (κ1) is 14.3. The summed E-state index contributed by atoms with van der Waals surface area (Å²) in [6, 6.07) is 2.04. The van der Waals surface area contributed by atoms with E-state index in [1.54, 1.807) is 13.2 Å². The number of carboxylic acids is 1. The van der Waals surface area contributed by atoms with E-state index in [9.17, 15) is 4.79 Å². The number of ether oxygens (including phenoxy) is 1. The van der Waals surface area contributed by atoms with Gasteiger partial charge in [-0.25, -0.2) is 4.79 Å². The van der Waals surface area contributed by atoms with Crippen LogP contribution in [0.5, 0.6) is 5.75 Å². The Balaban J connectivity index is 2.90. The van der Waals surface area contributed by atoms with Crippen molar-refractivity contribution in [1.29, 1.82) is 0 Å². The van der Waals surface area contributed by atoms with Gasteiger partial charge in [-0.1, -0.05) is 6.08 Å². The molecule has 0 saturated heterocycles. The first-order valence-corrected chi connectivity index (χ1v) is 6.00. The molecule has 1 N–H and O–H groups in total. The van der Waals surface area contributed by atoms with Gasteiger partial charge in [0.05, 0.1) is 7.11 Å². The smallest absolute Gasteiger partial charge is 0.327 e. The summed E-state index contributed by atoms with van der Waals surface area (Å²) >= 11 is 0. The fourth-order valence-corrected chi connectivity index (χ4v) is 2.11. The molecule has 0 bridgehead atoms. The average molecular weight is 248 g/mol. The zero-order chi connectivity index (χ0) is 13.7. The maximum absolute atomic E-state index is 10.4. The minimum absolute atomic E-state index is 0.736. The lowest BCUT2D eigenvalue weighted by atomic mass is 9.94. The van der Waals surface area contributed by atoms with E-state index in [-0.39, 0.29) is 0 Å². The minimum Gasteiger partial charge on any atom is -0.496 e. The largest absolute Gasteiger partial charge is 0.496 e. The molecule has 1 aromatic carbocycles. The molecule has 0 fully saturated rings. The zero-order valence-electron chi connectivity index (χ0n) is 11.4. The first-order valence-electron chi connectivity index (χ1n) is 6.00. The Morgan fingerprint density at radius 2 is 2.00 bits per heavy atom. The third kappa shape index (κ3) is 3.36. The second-order valence-electron chi connectivity index (χ2n) is 4.40. The standard InChI is InChI=1S/C15H20O3/c1-10-9-14(18-4)12(3)11(2)13(10)7-5-6-8-15(16)17/h6,8-9H,5,7H2,1-4H3,(H,16,17)/b8-6+. The lowest BCUT2D eigenvalue weighted by molar-refractivity contribution is -0.131. The van der Waals surface area contributed by atoms with Crippen molar-refractivity contribution in [3.8, 4) is 5.75 Å². The third-order valence-electron chi connectivity index (χ3n) is 3.25. The van der Waals surface area contributed by atoms with Crippen molar-refractivity contribution >= 4 is 5.97 Å². The Labute approximate surface area is 108 Å². The van der Waals surface area contributed by atoms with Crippen molar-refractivity contribution in [2.45, 2.75) is 33.6 Å². The molecule has 0 unspecified atom stereocenters. The van der Waals surface area contributed by atoms with Crippen molar-refractivity contribution < 1.29 is 14.6 Å². The molecular formula is C15H20O3.